The van der Waals surface area contributed by atoms with Crippen molar-refractivity contribution in [3.05, 3.63) is 23.5 Å². The average Bonchev–Trinajstić information content (AvgIpc) is 2.75. The van der Waals surface area contributed by atoms with Crippen LogP contribution in [0.2, 0.25) is 0 Å². The Morgan fingerprint density at radius 2 is 1.43 bits per heavy atom. The van der Waals surface area contributed by atoms with E-state index in [1.807, 2.05) is 9.80 Å². The standard InChI is InChI=1S/C23H35N3O2/c27-22(25-16-6-10-18-8-1-3-12-20(18)25)14-5-15-24-23(28)26-17-7-11-19-9-2-4-13-21(19)26/h12-13,18-19H,1-11,14-17H2,(H,24,28). The Kier molecular flexibility index (Phi) is 6.38. The molecule has 0 aromatic carbocycles. The Labute approximate surface area is 169 Å². The van der Waals surface area contributed by atoms with Crippen LogP contribution < -0.4 is 5.32 Å². The Balaban J connectivity index is 1.23. The third kappa shape index (κ3) is 4.28. The Hall–Kier alpha value is -1.78. The molecule has 154 valence electrons. The average molecular weight is 386 g/mol. The number of urea groups is 1. The zero-order valence-corrected chi connectivity index (χ0v) is 17.1. The van der Waals surface area contributed by atoms with Gasteiger partial charge in [-0.3, -0.25) is 9.69 Å². The molecule has 5 heteroatoms. The molecule has 0 aromatic heterocycles. The number of nitrogens with zero attached hydrogens (tertiary/aromatic N) is 2. The molecule has 0 saturated carbocycles. The van der Waals surface area contributed by atoms with Crippen molar-refractivity contribution in [2.75, 3.05) is 19.6 Å². The van der Waals surface area contributed by atoms with Gasteiger partial charge in [0.15, 0.2) is 0 Å². The first kappa shape index (κ1) is 19.5. The fourth-order valence-electron chi connectivity index (χ4n) is 5.51. The fraction of sp³-hybridized carbons (Fsp3) is 0.739. The van der Waals surface area contributed by atoms with Crippen LogP contribution in [0.15, 0.2) is 23.5 Å². The predicted molar refractivity (Wildman–Crippen MR) is 110 cm³/mol. The minimum atomic E-state index is 0.0262. The lowest BCUT2D eigenvalue weighted by Crippen LogP contribution is -2.45. The summed E-state index contributed by atoms with van der Waals surface area (Å²) in [6, 6.07) is 0.0262. The van der Waals surface area contributed by atoms with Gasteiger partial charge in [-0.2, -0.15) is 0 Å². The summed E-state index contributed by atoms with van der Waals surface area (Å²) in [5.74, 6) is 1.41. The summed E-state index contributed by atoms with van der Waals surface area (Å²) >= 11 is 0. The maximum Gasteiger partial charge on any atom is 0.321 e. The van der Waals surface area contributed by atoms with Crippen LogP contribution in [-0.4, -0.2) is 41.4 Å². The lowest BCUT2D eigenvalue weighted by molar-refractivity contribution is -0.130. The largest absolute Gasteiger partial charge is 0.338 e. The second-order valence-corrected chi connectivity index (χ2v) is 8.83. The summed E-state index contributed by atoms with van der Waals surface area (Å²) in [4.78, 5) is 29.4. The molecule has 0 radical (unpaired) electrons. The summed E-state index contributed by atoms with van der Waals surface area (Å²) in [7, 11) is 0. The zero-order chi connectivity index (χ0) is 19.3. The highest BCUT2D eigenvalue weighted by molar-refractivity contribution is 5.79. The van der Waals surface area contributed by atoms with Gasteiger partial charge >= 0.3 is 6.03 Å². The summed E-state index contributed by atoms with van der Waals surface area (Å²) in [6.45, 7) is 2.28. The van der Waals surface area contributed by atoms with Crippen molar-refractivity contribution in [2.24, 2.45) is 11.8 Å². The first-order valence-corrected chi connectivity index (χ1v) is 11.5. The number of hydrogen-bond acceptors (Lipinski definition) is 2. The number of rotatable bonds is 4. The molecule has 0 spiro atoms. The summed E-state index contributed by atoms with van der Waals surface area (Å²) in [5.41, 5.74) is 2.53. The Morgan fingerprint density at radius 1 is 0.857 bits per heavy atom. The number of carbonyl (C=O) groups excluding carboxylic acids is 2. The van der Waals surface area contributed by atoms with Gasteiger partial charge in [0.1, 0.15) is 0 Å². The number of fused-ring (bicyclic) bond motifs is 2. The van der Waals surface area contributed by atoms with Gasteiger partial charge in [0.05, 0.1) is 0 Å². The second-order valence-electron chi connectivity index (χ2n) is 8.83. The number of likely N-dealkylation sites (tertiary alicyclic amines) is 2. The van der Waals surface area contributed by atoms with Crippen molar-refractivity contribution in [1.82, 2.24) is 15.1 Å². The van der Waals surface area contributed by atoms with Gasteiger partial charge < -0.3 is 10.2 Å². The normalized spacial score (nSPS) is 27.3. The summed E-state index contributed by atoms with van der Waals surface area (Å²) in [5, 5.41) is 3.06. The van der Waals surface area contributed by atoms with E-state index in [1.165, 1.54) is 49.9 Å². The maximum atomic E-state index is 12.7. The quantitative estimate of drug-likeness (QED) is 0.721. The van der Waals surface area contributed by atoms with E-state index in [0.717, 1.165) is 45.2 Å². The zero-order valence-electron chi connectivity index (χ0n) is 17.1. The van der Waals surface area contributed by atoms with Crippen LogP contribution in [-0.2, 0) is 4.79 Å². The highest BCUT2D eigenvalue weighted by atomic mass is 16.2. The number of nitrogens with one attached hydrogen (secondary N) is 1. The van der Waals surface area contributed by atoms with Crippen molar-refractivity contribution in [3.63, 3.8) is 0 Å². The van der Waals surface area contributed by atoms with E-state index in [-0.39, 0.29) is 11.9 Å². The Bertz CT molecular complexity index is 598. The third-order valence-corrected chi connectivity index (χ3v) is 6.94. The molecule has 4 rings (SSSR count). The SMILES string of the molecule is O=C(CCCNC(=O)N1CCCC2CCCC=C21)N1CCCC2CCCC=C21. The predicted octanol–water partition coefficient (Wildman–Crippen LogP) is 4.56. The minimum Gasteiger partial charge on any atom is -0.338 e. The molecule has 2 unspecified atom stereocenters. The molecule has 1 N–H and O–H groups in total. The molecular weight excluding hydrogens is 350 g/mol. The molecule has 5 nitrogen and oxygen atoms in total. The van der Waals surface area contributed by atoms with Crippen LogP contribution >= 0.6 is 0 Å². The van der Waals surface area contributed by atoms with E-state index in [0.29, 0.717) is 24.8 Å². The van der Waals surface area contributed by atoms with Crippen LogP contribution in [0.4, 0.5) is 4.79 Å². The Morgan fingerprint density at radius 3 is 2.11 bits per heavy atom. The van der Waals surface area contributed by atoms with Gasteiger partial charge in [0, 0.05) is 37.4 Å². The number of amides is 3. The van der Waals surface area contributed by atoms with E-state index in [9.17, 15) is 9.59 Å². The van der Waals surface area contributed by atoms with Crippen LogP contribution in [0.1, 0.15) is 77.0 Å². The molecule has 2 aliphatic carbocycles. The van der Waals surface area contributed by atoms with Gasteiger partial charge in [-0.1, -0.05) is 12.2 Å². The first-order valence-electron chi connectivity index (χ1n) is 11.5. The van der Waals surface area contributed by atoms with Crippen LogP contribution in [0.5, 0.6) is 0 Å². The summed E-state index contributed by atoms with van der Waals surface area (Å²) < 4.78 is 0. The minimum absolute atomic E-state index is 0.0262. The van der Waals surface area contributed by atoms with E-state index in [1.54, 1.807) is 0 Å². The van der Waals surface area contributed by atoms with Crippen molar-refractivity contribution in [3.8, 4) is 0 Å². The van der Waals surface area contributed by atoms with Gasteiger partial charge in [-0.15, -0.1) is 0 Å². The molecule has 4 aliphatic rings. The van der Waals surface area contributed by atoms with Crippen LogP contribution in [0.3, 0.4) is 0 Å². The van der Waals surface area contributed by atoms with Crippen molar-refractivity contribution < 1.29 is 9.59 Å². The number of carbonyl (C=O) groups is 2. The number of hydrogen-bond donors (Lipinski definition) is 1. The molecule has 2 saturated heterocycles. The van der Waals surface area contributed by atoms with Gasteiger partial charge in [0.25, 0.3) is 0 Å². The molecule has 0 bridgehead atoms. The van der Waals surface area contributed by atoms with Crippen LogP contribution in [0, 0.1) is 11.8 Å². The molecule has 2 aliphatic heterocycles. The fourth-order valence-corrected chi connectivity index (χ4v) is 5.51. The summed E-state index contributed by atoms with van der Waals surface area (Å²) in [6.07, 6.45) is 17.6. The molecule has 2 heterocycles. The molecule has 2 atom stereocenters. The molecule has 28 heavy (non-hydrogen) atoms. The lowest BCUT2D eigenvalue weighted by Gasteiger charge is -2.38. The lowest BCUT2D eigenvalue weighted by atomic mass is 9.85. The molecule has 0 aromatic rings. The van der Waals surface area contributed by atoms with Crippen molar-refractivity contribution in [1.29, 1.82) is 0 Å². The third-order valence-electron chi connectivity index (χ3n) is 6.94. The van der Waals surface area contributed by atoms with E-state index >= 15 is 0 Å². The first-order chi connectivity index (χ1) is 13.7. The molecule has 3 amide bonds. The van der Waals surface area contributed by atoms with E-state index in [2.05, 4.69) is 17.5 Å². The smallest absolute Gasteiger partial charge is 0.321 e. The number of allylic oxidation sites excluding steroid dienone is 4. The molecule has 2 fully saturated rings. The monoisotopic (exact) mass is 385 g/mol. The topological polar surface area (TPSA) is 52.7 Å². The maximum absolute atomic E-state index is 12.7. The number of piperidine rings is 2. The molecular formula is C23H35N3O2. The van der Waals surface area contributed by atoms with Crippen LogP contribution in [0.25, 0.3) is 0 Å². The van der Waals surface area contributed by atoms with E-state index < -0.39 is 0 Å². The van der Waals surface area contributed by atoms with Gasteiger partial charge in [0.2, 0.25) is 5.91 Å². The van der Waals surface area contributed by atoms with E-state index in [4.69, 9.17) is 0 Å². The van der Waals surface area contributed by atoms with Crippen molar-refractivity contribution in [2.45, 2.75) is 77.0 Å². The highest BCUT2D eigenvalue weighted by Crippen LogP contribution is 2.36. The highest BCUT2D eigenvalue weighted by Gasteiger charge is 2.31. The van der Waals surface area contributed by atoms with Gasteiger partial charge in [-0.05, 0) is 82.5 Å². The van der Waals surface area contributed by atoms with Gasteiger partial charge in [-0.25, -0.2) is 4.79 Å². The second kappa shape index (κ2) is 9.15. The van der Waals surface area contributed by atoms with Crippen molar-refractivity contribution >= 4 is 11.9 Å².